The van der Waals surface area contributed by atoms with E-state index in [2.05, 4.69) is 5.32 Å². The van der Waals surface area contributed by atoms with Crippen LogP contribution in [0.3, 0.4) is 0 Å². The fourth-order valence-corrected chi connectivity index (χ4v) is 5.83. The highest BCUT2D eigenvalue weighted by Gasteiger charge is 2.54. The Labute approximate surface area is 180 Å². The molecule has 2 heterocycles. The van der Waals surface area contributed by atoms with E-state index in [4.69, 9.17) is 0 Å². The number of hydrogen-bond acceptors (Lipinski definition) is 5. The third-order valence-electron chi connectivity index (χ3n) is 4.73. The standard InChI is InChI=1S/C21H17FN2O4S2/c22-13-8-4-5-9-14(13)30-15-11-29-20-17(19(26)24(20)18(15)21(27)28)23-16(25)10-12-6-2-1-3-7-12/h1-9,17,20H,10-11H2,(H,23,25)(H,27,28)/t17-,20-/m1/s1. The number of nitrogens with one attached hydrogen (secondary N) is 1. The SMILES string of the molecule is O=C(Cc1ccccc1)N[C@@H]1C(=O)N2C(C(=O)O)=C(Sc3ccccc3F)CS[C@H]12. The highest BCUT2D eigenvalue weighted by Crippen LogP contribution is 2.45. The molecule has 2 aromatic carbocycles. The van der Waals surface area contributed by atoms with Gasteiger partial charge >= 0.3 is 5.97 Å². The zero-order chi connectivity index (χ0) is 21.3. The van der Waals surface area contributed by atoms with Crippen LogP contribution in [0.5, 0.6) is 0 Å². The molecular weight excluding hydrogens is 427 g/mol. The van der Waals surface area contributed by atoms with E-state index in [-0.39, 0.29) is 18.0 Å². The lowest BCUT2D eigenvalue weighted by atomic mass is 10.0. The zero-order valence-electron chi connectivity index (χ0n) is 15.6. The molecule has 1 fully saturated rings. The quantitative estimate of drug-likeness (QED) is 0.667. The molecule has 2 aliphatic rings. The number of carboxylic acids is 1. The lowest BCUT2D eigenvalue weighted by Gasteiger charge is -2.49. The van der Waals surface area contributed by atoms with Crippen LogP contribution in [0.2, 0.25) is 0 Å². The number of benzene rings is 2. The predicted octanol–water partition coefficient (Wildman–Crippen LogP) is 2.86. The number of thioether (sulfide) groups is 2. The maximum atomic E-state index is 14.0. The van der Waals surface area contributed by atoms with Crippen molar-refractivity contribution in [1.29, 1.82) is 0 Å². The normalized spacial score (nSPS) is 20.4. The molecule has 30 heavy (non-hydrogen) atoms. The van der Waals surface area contributed by atoms with Crippen LogP contribution in [0.25, 0.3) is 0 Å². The third-order valence-corrected chi connectivity index (χ3v) is 7.33. The van der Waals surface area contributed by atoms with Gasteiger partial charge in [-0.25, -0.2) is 9.18 Å². The maximum absolute atomic E-state index is 14.0. The highest BCUT2D eigenvalue weighted by molar-refractivity contribution is 8.06. The summed E-state index contributed by atoms with van der Waals surface area (Å²) in [5.41, 5.74) is 0.676. The molecule has 6 nitrogen and oxygen atoms in total. The van der Waals surface area contributed by atoms with Crippen molar-refractivity contribution in [2.75, 3.05) is 5.75 Å². The second-order valence-electron chi connectivity index (χ2n) is 6.73. The minimum Gasteiger partial charge on any atom is -0.477 e. The van der Waals surface area contributed by atoms with Gasteiger partial charge in [-0.3, -0.25) is 14.5 Å². The zero-order valence-corrected chi connectivity index (χ0v) is 17.2. The Kier molecular flexibility index (Phi) is 5.83. The summed E-state index contributed by atoms with van der Waals surface area (Å²) in [5.74, 6) is -2.17. The average molecular weight is 445 g/mol. The van der Waals surface area contributed by atoms with E-state index < -0.39 is 29.1 Å². The van der Waals surface area contributed by atoms with Crippen molar-refractivity contribution in [3.05, 3.63) is 76.6 Å². The van der Waals surface area contributed by atoms with Crippen LogP contribution in [0.1, 0.15) is 5.56 Å². The van der Waals surface area contributed by atoms with Gasteiger partial charge in [0, 0.05) is 15.6 Å². The van der Waals surface area contributed by atoms with Crippen LogP contribution in [0.15, 0.2) is 70.1 Å². The third kappa shape index (κ3) is 3.95. The van der Waals surface area contributed by atoms with Gasteiger partial charge in [0.1, 0.15) is 22.9 Å². The molecule has 4 rings (SSSR count). The first-order valence-electron chi connectivity index (χ1n) is 9.12. The number of amides is 2. The summed E-state index contributed by atoms with van der Waals surface area (Å²) in [4.78, 5) is 38.8. The van der Waals surface area contributed by atoms with Crippen molar-refractivity contribution in [3.8, 4) is 0 Å². The number of carbonyl (C=O) groups is 3. The molecule has 9 heteroatoms. The van der Waals surface area contributed by atoms with Crippen LogP contribution in [0.4, 0.5) is 4.39 Å². The van der Waals surface area contributed by atoms with Crippen molar-refractivity contribution >= 4 is 41.3 Å². The number of nitrogens with zero attached hydrogens (tertiary/aromatic N) is 1. The molecule has 2 aliphatic heterocycles. The second-order valence-corrected chi connectivity index (χ2v) is 8.97. The molecular formula is C21H17FN2O4S2. The lowest BCUT2D eigenvalue weighted by Crippen LogP contribution is -2.70. The van der Waals surface area contributed by atoms with Gasteiger partial charge in [-0.2, -0.15) is 0 Å². The lowest BCUT2D eigenvalue weighted by molar-refractivity contribution is -0.150. The van der Waals surface area contributed by atoms with Crippen molar-refractivity contribution in [2.24, 2.45) is 0 Å². The van der Waals surface area contributed by atoms with Crippen molar-refractivity contribution in [3.63, 3.8) is 0 Å². The van der Waals surface area contributed by atoms with Crippen LogP contribution < -0.4 is 5.32 Å². The number of halogens is 1. The Morgan fingerprint density at radius 2 is 1.87 bits per heavy atom. The Bertz CT molecular complexity index is 1040. The van der Waals surface area contributed by atoms with E-state index >= 15 is 0 Å². The fourth-order valence-electron chi connectivity index (χ4n) is 3.34. The van der Waals surface area contributed by atoms with Crippen molar-refractivity contribution < 1.29 is 23.9 Å². The Morgan fingerprint density at radius 1 is 1.17 bits per heavy atom. The first kappa shape index (κ1) is 20.5. The van der Waals surface area contributed by atoms with Gasteiger partial charge in [-0.1, -0.05) is 54.2 Å². The smallest absolute Gasteiger partial charge is 0.353 e. The molecule has 2 aromatic rings. The Morgan fingerprint density at radius 3 is 2.57 bits per heavy atom. The fraction of sp³-hybridized carbons (Fsp3) is 0.190. The predicted molar refractivity (Wildman–Crippen MR) is 112 cm³/mol. The van der Waals surface area contributed by atoms with Crippen LogP contribution in [-0.4, -0.2) is 45.0 Å². The monoisotopic (exact) mass is 444 g/mol. The minimum atomic E-state index is -1.25. The van der Waals surface area contributed by atoms with Crippen LogP contribution in [0, 0.1) is 5.82 Å². The first-order chi connectivity index (χ1) is 14.5. The number of fused-ring (bicyclic) bond motifs is 1. The number of rotatable bonds is 6. The van der Waals surface area contributed by atoms with E-state index in [1.807, 2.05) is 30.3 Å². The Hall–Kier alpha value is -2.78. The van der Waals surface area contributed by atoms with Crippen molar-refractivity contribution in [1.82, 2.24) is 10.2 Å². The second kappa shape index (κ2) is 8.53. The molecule has 0 radical (unpaired) electrons. The summed E-state index contributed by atoms with van der Waals surface area (Å²) in [6.45, 7) is 0. The molecule has 2 amide bonds. The minimum absolute atomic E-state index is 0.137. The largest absolute Gasteiger partial charge is 0.477 e. The van der Waals surface area contributed by atoms with E-state index in [0.717, 1.165) is 17.3 Å². The summed E-state index contributed by atoms with van der Waals surface area (Å²) >= 11 is 2.36. The van der Waals surface area contributed by atoms with E-state index in [0.29, 0.717) is 15.6 Å². The van der Waals surface area contributed by atoms with Gasteiger partial charge in [0.2, 0.25) is 5.91 Å². The molecule has 2 N–H and O–H groups in total. The highest BCUT2D eigenvalue weighted by atomic mass is 32.2. The first-order valence-corrected chi connectivity index (χ1v) is 11.0. The van der Waals surface area contributed by atoms with Gasteiger partial charge in [0.15, 0.2) is 0 Å². The number of hydrogen-bond donors (Lipinski definition) is 2. The van der Waals surface area contributed by atoms with E-state index in [1.54, 1.807) is 18.2 Å². The summed E-state index contributed by atoms with van der Waals surface area (Å²) in [7, 11) is 0. The maximum Gasteiger partial charge on any atom is 0.353 e. The van der Waals surface area contributed by atoms with Gasteiger partial charge in [0.05, 0.1) is 6.42 Å². The van der Waals surface area contributed by atoms with E-state index in [1.165, 1.54) is 22.7 Å². The molecule has 154 valence electrons. The molecule has 0 aromatic heterocycles. The Balaban J connectivity index is 1.49. The van der Waals surface area contributed by atoms with Gasteiger partial charge < -0.3 is 10.4 Å². The number of carboxylic acid groups (broad SMARTS) is 1. The molecule has 1 saturated heterocycles. The molecule has 2 atom stereocenters. The van der Waals surface area contributed by atoms with E-state index in [9.17, 15) is 23.9 Å². The number of β-lactam (4-membered cyclic amide) rings is 1. The summed E-state index contributed by atoms with van der Waals surface area (Å²) in [6, 6.07) is 14.5. The summed E-state index contributed by atoms with van der Waals surface area (Å²) in [6.07, 6.45) is 0.137. The summed E-state index contributed by atoms with van der Waals surface area (Å²) in [5, 5.41) is 11.9. The number of aliphatic carboxylic acids is 1. The van der Waals surface area contributed by atoms with Gasteiger partial charge in [-0.15, -0.1) is 11.8 Å². The van der Waals surface area contributed by atoms with Gasteiger partial charge in [-0.05, 0) is 17.7 Å². The molecule has 0 unspecified atom stereocenters. The molecule has 0 aliphatic carbocycles. The topological polar surface area (TPSA) is 86.7 Å². The van der Waals surface area contributed by atoms with Crippen LogP contribution >= 0.6 is 23.5 Å². The molecule has 0 bridgehead atoms. The van der Waals surface area contributed by atoms with Crippen molar-refractivity contribution in [2.45, 2.75) is 22.7 Å². The molecule has 0 spiro atoms. The summed E-state index contributed by atoms with van der Waals surface area (Å²) < 4.78 is 14.0. The van der Waals surface area contributed by atoms with Gasteiger partial charge in [0.25, 0.3) is 5.91 Å². The average Bonchev–Trinajstić information content (AvgIpc) is 2.73. The van der Waals surface area contributed by atoms with Crippen LogP contribution in [-0.2, 0) is 20.8 Å². The molecule has 0 saturated carbocycles. The number of carbonyl (C=O) groups excluding carboxylic acids is 2.